The Hall–Kier alpha value is -2.30. The van der Waals surface area contributed by atoms with Gasteiger partial charge in [-0.1, -0.05) is 12.1 Å². The van der Waals surface area contributed by atoms with Crippen LogP contribution in [0, 0.1) is 0 Å². The lowest BCUT2D eigenvalue weighted by molar-refractivity contribution is -0.143. The summed E-state index contributed by atoms with van der Waals surface area (Å²) in [6.45, 7) is 2.00. The van der Waals surface area contributed by atoms with Gasteiger partial charge in [0.15, 0.2) is 0 Å². The molecule has 5 heteroatoms. The summed E-state index contributed by atoms with van der Waals surface area (Å²) in [6.07, 6.45) is 1.78. The third kappa shape index (κ3) is 2.76. The van der Waals surface area contributed by atoms with Gasteiger partial charge in [-0.05, 0) is 19.1 Å². The molecule has 0 radical (unpaired) electrons. The number of aromatic amines is 1. The highest BCUT2D eigenvalue weighted by atomic mass is 16.5. The van der Waals surface area contributed by atoms with E-state index >= 15 is 0 Å². The molecule has 5 nitrogen and oxygen atoms in total. The Morgan fingerprint density at radius 2 is 2.11 bits per heavy atom. The molecule has 0 spiro atoms. The van der Waals surface area contributed by atoms with Crippen molar-refractivity contribution in [1.82, 2.24) is 9.88 Å². The van der Waals surface area contributed by atoms with Crippen LogP contribution in [0.25, 0.3) is 10.9 Å². The fraction of sp³-hybridized carbons (Fsp3) is 0.286. The molecule has 0 aliphatic carbocycles. The van der Waals surface area contributed by atoms with Crippen LogP contribution in [0.1, 0.15) is 17.3 Å². The SMILES string of the molecule is CCOC(=O)CN(C)C(=O)c1cccc2cc[nH]c12. The summed E-state index contributed by atoms with van der Waals surface area (Å²) >= 11 is 0. The van der Waals surface area contributed by atoms with E-state index in [4.69, 9.17) is 4.74 Å². The average Bonchev–Trinajstić information content (AvgIpc) is 2.86. The normalized spacial score (nSPS) is 10.4. The first kappa shape index (κ1) is 13.1. The van der Waals surface area contributed by atoms with Gasteiger partial charge in [-0.15, -0.1) is 0 Å². The van der Waals surface area contributed by atoms with Crippen molar-refractivity contribution in [1.29, 1.82) is 0 Å². The van der Waals surface area contributed by atoms with Gasteiger partial charge in [0.25, 0.3) is 5.91 Å². The van der Waals surface area contributed by atoms with Crippen molar-refractivity contribution in [2.45, 2.75) is 6.92 Å². The number of nitrogens with one attached hydrogen (secondary N) is 1. The highest BCUT2D eigenvalue weighted by Crippen LogP contribution is 2.18. The van der Waals surface area contributed by atoms with Crippen LogP contribution in [0.4, 0.5) is 0 Å². The van der Waals surface area contributed by atoms with Crippen molar-refractivity contribution in [2.24, 2.45) is 0 Å². The molecule has 0 unspecified atom stereocenters. The summed E-state index contributed by atoms with van der Waals surface area (Å²) in [5.41, 5.74) is 1.33. The van der Waals surface area contributed by atoms with Crippen molar-refractivity contribution in [3.63, 3.8) is 0 Å². The predicted octanol–water partition coefficient (Wildman–Crippen LogP) is 1.80. The van der Waals surface area contributed by atoms with Crippen LogP contribution in [0.5, 0.6) is 0 Å². The number of rotatable bonds is 4. The molecule has 0 fully saturated rings. The van der Waals surface area contributed by atoms with E-state index in [1.54, 1.807) is 26.2 Å². The molecule has 2 aromatic rings. The van der Waals surface area contributed by atoms with E-state index in [-0.39, 0.29) is 12.5 Å². The molecule has 0 saturated carbocycles. The van der Waals surface area contributed by atoms with Gasteiger partial charge in [-0.25, -0.2) is 0 Å². The molecule has 1 N–H and O–H groups in total. The maximum Gasteiger partial charge on any atom is 0.325 e. The Kier molecular flexibility index (Phi) is 3.85. The number of benzene rings is 1. The minimum absolute atomic E-state index is 0.0518. The second kappa shape index (κ2) is 5.56. The minimum atomic E-state index is -0.406. The predicted molar refractivity (Wildman–Crippen MR) is 71.9 cm³/mol. The quantitative estimate of drug-likeness (QED) is 0.853. The van der Waals surface area contributed by atoms with Gasteiger partial charge in [0.05, 0.1) is 17.7 Å². The smallest absolute Gasteiger partial charge is 0.325 e. The lowest BCUT2D eigenvalue weighted by atomic mass is 10.1. The van der Waals surface area contributed by atoms with E-state index < -0.39 is 5.97 Å². The molecule has 0 aliphatic rings. The molecular weight excluding hydrogens is 244 g/mol. The van der Waals surface area contributed by atoms with Crippen molar-refractivity contribution >= 4 is 22.8 Å². The number of fused-ring (bicyclic) bond motifs is 1. The summed E-state index contributed by atoms with van der Waals surface area (Å²) in [7, 11) is 1.58. The van der Waals surface area contributed by atoms with Crippen LogP contribution in [0.2, 0.25) is 0 Å². The van der Waals surface area contributed by atoms with Crippen LogP contribution < -0.4 is 0 Å². The molecular formula is C14H16N2O3. The first-order chi connectivity index (χ1) is 9.13. The van der Waals surface area contributed by atoms with E-state index in [1.165, 1.54) is 4.90 Å². The van der Waals surface area contributed by atoms with Crippen molar-refractivity contribution in [3.8, 4) is 0 Å². The Bertz CT molecular complexity index is 604. The Morgan fingerprint density at radius 3 is 2.84 bits per heavy atom. The first-order valence-corrected chi connectivity index (χ1v) is 6.10. The maximum atomic E-state index is 12.3. The number of H-pyrrole nitrogens is 1. The zero-order valence-corrected chi connectivity index (χ0v) is 11.0. The summed E-state index contributed by atoms with van der Waals surface area (Å²) in [6, 6.07) is 7.38. The molecule has 0 bridgehead atoms. The summed E-state index contributed by atoms with van der Waals surface area (Å²) in [4.78, 5) is 28.1. The maximum absolute atomic E-state index is 12.3. The number of ether oxygens (including phenoxy) is 1. The molecule has 1 heterocycles. The number of esters is 1. The third-order valence-electron chi connectivity index (χ3n) is 2.84. The van der Waals surface area contributed by atoms with Gasteiger partial charge in [0, 0.05) is 18.6 Å². The molecule has 1 aromatic heterocycles. The van der Waals surface area contributed by atoms with Gasteiger partial charge < -0.3 is 14.6 Å². The van der Waals surface area contributed by atoms with Crippen LogP contribution in [0.15, 0.2) is 30.5 Å². The van der Waals surface area contributed by atoms with Crippen molar-refractivity contribution in [2.75, 3.05) is 20.2 Å². The first-order valence-electron chi connectivity index (χ1n) is 6.10. The summed E-state index contributed by atoms with van der Waals surface area (Å²) in [5.74, 6) is -0.613. The second-order valence-corrected chi connectivity index (χ2v) is 4.21. The minimum Gasteiger partial charge on any atom is -0.465 e. The Balaban J connectivity index is 2.19. The largest absolute Gasteiger partial charge is 0.465 e. The summed E-state index contributed by atoms with van der Waals surface area (Å²) in [5, 5.41) is 0.968. The number of likely N-dealkylation sites (N-methyl/N-ethyl adjacent to an activating group) is 1. The number of carbonyl (C=O) groups excluding carboxylic acids is 2. The number of para-hydroxylation sites is 1. The van der Waals surface area contributed by atoms with Crippen LogP contribution in [-0.2, 0) is 9.53 Å². The second-order valence-electron chi connectivity index (χ2n) is 4.21. The van der Waals surface area contributed by atoms with E-state index in [1.807, 2.05) is 18.2 Å². The van der Waals surface area contributed by atoms with Gasteiger partial charge in [-0.2, -0.15) is 0 Å². The number of nitrogens with zero attached hydrogens (tertiary/aromatic N) is 1. The van der Waals surface area contributed by atoms with Crippen LogP contribution in [0.3, 0.4) is 0 Å². The topological polar surface area (TPSA) is 62.4 Å². The van der Waals surface area contributed by atoms with E-state index in [9.17, 15) is 9.59 Å². The zero-order chi connectivity index (χ0) is 13.8. The third-order valence-corrected chi connectivity index (χ3v) is 2.84. The van der Waals surface area contributed by atoms with Gasteiger partial charge in [-0.3, -0.25) is 9.59 Å². The molecule has 1 aromatic carbocycles. The number of hydrogen-bond acceptors (Lipinski definition) is 3. The van der Waals surface area contributed by atoms with E-state index in [2.05, 4.69) is 4.98 Å². The van der Waals surface area contributed by atoms with E-state index in [0.29, 0.717) is 12.2 Å². The molecule has 100 valence electrons. The molecule has 1 amide bonds. The number of carbonyl (C=O) groups is 2. The lowest BCUT2D eigenvalue weighted by Gasteiger charge is -2.16. The molecule has 0 saturated heterocycles. The molecule has 0 aliphatic heterocycles. The lowest BCUT2D eigenvalue weighted by Crippen LogP contribution is -2.33. The molecule has 19 heavy (non-hydrogen) atoms. The van der Waals surface area contributed by atoms with Crippen molar-refractivity contribution in [3.05, 3.63) is 36.0 Å². The van der Waals surface area contributed by atoms with Crippen molar-refractivity contribution < 1.29 is 14.3 Å². The fourth-order valence-electron chi connectivity index (χ4n) is 1.94. The fourth-order valence-corrected chi connectivity index (χ4v) is 1.94. The van der Waals surface area contributed by atoms with Gasteiger partial charge in [0.1, 0.15) is 6.54 Å². The monoisotopic (exact) mass is 260 g/mol. The van der Waals surface area contributed by atoms with Crippen LogP contribution in [-0.4, -0.2) is 42.0 Å². The number of aromatic nitrogens is 1. The number of hydrogen-bond donors (Lipinski definition) is 1. The highest BCUT2D eigenvalue weighted by Gasteiger charge is 2.17. The Morgan fingerprint density at radius 1 is 1.32 bits per heavy atom. The average molecular weight is 260 g/mol. The van der Waals surface area contributed by atoms with Gasteiger partial charge >= 0.3 is 5.97 Å². The van der Waals surface area contributed by atoms with Gasteiger partial charge in [0.2, 0.25) is 0 Å². The van der Waals surface area contributed by atoms with Crippen LogP contribution >= 0.6 is 0 Å². The summed E-state index contributed by atoms with van der Waals surface area (Å²) < 4.78 is 4.83. The van der Waals surface area contributed by atoms with E-state index in [0.717, 1.165) is 10.9 Å². The number of amides is 1. The molecule has 2 rings (SSSR count). The zero-order valence-electron chi connectivity index (χ0n) is 11.0. The highest BCUT2D eigenvalue weighted by molar-refractivity contribution is 6.06. The molecule has 0 atom stereocenters. The Labute approximate surface area is 111 Å². The standard InChI is InChI=1S/C14H16N2O3/c1-3-19-12(17)9-16(2)14(18)11-6-4-5-10-7-8-15-13(10)11/h4-8,15H,3,9H2,1-2H3.